The van der Waals surface area contributed by atoms with Crippen LogP contribution in [0.5, 0.6) is 5.75 Å². The molecule has 0 aliphatic rings. The summed E-state index contributed by atoms with van der Waals surface area (Å²) < 4.78 is 10.3. The Morgan fingerprint density at radius 1 is 0.931 bits per heavy atom. The second-order valence-corrected chi connectivity index (χ2v) is 6.41. The van der Waals surface area contributed by atoms with Gasteiger partial charge in [-0.05, 0) is 42.5 Å². The predicted octanol–water partition coefficient (Wildman–Crippen LogP) is 4.28. The van der Waals surface area contributed by atoms with Crippen molar-refractivity contribution in [2.24, 2.45) is 0 Å². The Hall–Kier alpha value is -3.93. The standard InChI is InChI=1S/C23H18N2O4/c1-28-18-10-7-15(8-11-18)21(26)14-29-23(27)17-9-12-19-20(13-17)25-22(24-19)16-5-3-2-4-6-16/h2-13H,14H2,1H3,(H,24,25). The molecule has 0 amide bonds. The van der Waals surface area contributed by atoms with Gasteiger partial charge >= 0.3 is 5.97 Å². The fourth-order valence-electron chi connectivity index (χ4n) is 2.94. The maximum absolute atomic E-state index is 12.4. The van der Waals surface area contributed by atoms with Crippen LogP contribution in [0.15, 0.2) is 72.8 Å². The van der Waals surface area contributed by atoms with Gasteiger partial charge in [0, 0.05) is 11.1 Å². The third kappa shape index (κ3) is 4.01. The van der Waals surface area contributed by atoms with E-state index < -0.39 is 5.97 Å². The number of hydrogen-bond acceptors (Lipinski definition) is 5. The van der Waals surface area contributed by atoms with Gasteiger partial charge in [-0.2, -0.15) is 0 Å². The highest BCUT2D eigenvalue weighted by Gasteiger charge is 2.14. The first-order valence-corrected chi connectivity index (χ1v) is 9.03. The number of aromatic amines is 1. The number of benzene rings is 3. The number of Topliss-reactive ketones (excluding diaryl/α,β-unsaturated/α-hetero) is 1. The first-order valence-electron chi connectivity index (χ1n) is 9.03. The van der Waals surface area contributed by atoms with Crippen LogP contribution in [-0.2, 0) is 4.74 Å². The molecule has 0 atom stereocenters. The molecule has 0 aliphatic carbocycles. The topological polar surface area (TPSA) is 81.3 Å². The second kappa shape index (κ2) is 7.98. The smallest absolute Gasteiger partial charge is 0.338 e. The first kappa shape index (κ1) is 18.4. The number of methoxy groups -OCH3 is 1. The van der Waals surface area contributed by atoms with Crippen LogP contribution in [0.4, 0.5) is 0 Å². The summed E-state index contributed by atoms with van der Waals surface area (Å²) in [5.74, 6) is 0.529. The lowest BCUT2D eigenvalue weighted by atomic mass is 10.1. The van der Waals surface area contributed by atoms with Crippen molar-refractivity contribution in [1.29, 1.82) is 0 Å². The molecule has 0 bridgehead atoms. The summed E-state index contributed by atoms with van der Waals surface area (Å²) in [6.45, 7) is -0.332. The van der Waals surface area contributed by atoms with Crippen LogP contribution in [-0.4, -0.2) is 35.4 Å². The van der Waals surface area contributed by atoms with Crippen molar-refractivity contribution in [1.82, 2.24) is 9.97 Å². The molecule has 4 rings (SSSR count). The SMILES string of the molecule is COc1ccc(C(=O)COC(=O)c2ccc3nc(-c4ccccc4)[nH]c3c2)cc1. The Balaban J connectivity index is 1.46. The summed E-state index contributed by atoms with van der Waals surface area (Å²) in [6.07, 6.45) is 0. The molecule has 0 fully saturated rings. The third-order valence-electron chi connectivity index (χ3n) is 4.51. The van der Waals surface area contributed by atoms with Gasteiger partial charge < -0.3 is 14.5 Å². The number of H-pyrrole nitrogens is 1. The van der Waals surface area contributed by atoms with Crippen molar-refractivity contribution >= 4 is 22.8 Å². The number of imidazole rings is 1. The quantitative estimate of drug-likeness (QED) is 0.395. The van der Waals surface area contributed by atoms with Crippen LogP contribution >= 0.6 is 0 Å². The van der Waals surface area contributed by atoms with E-state index in [4.69, 9.17) is 9.47 Å². The van der Waals surface area contributed by atoms with E-state index in [1.807, 2.05) is 30.3 Å². The minimum atomic E-state index is -0.565. The zero-order valence-electron chi connectivity index (χ0n) is 15.7. The molecule has 0 saturated heterocycles. The van der Waals surface area contributed by atoms with Gasteiger partial charge in [0.25, 0.3) is 0 Å². The largest absolute Gasteiger partial charge is 0.497 e. The van der Waals surface area contributed by atoms with Crippen molar-refractivity contribution < 1.29 is 19.1 Å². The number of ether oxygens (including phenoxy) is 2. The highest BCUT2D eigenvalue weighted by Crippen LogP contribution is 2.21. The zero-order valence-corrected chi connectivity index (χ0v) is 15.7. The van der Waals surface area contributed by atoms with Crippen LogP contribution < -0.4 is 4.74 Å². The van der Waals surface area contributed by atoms with Gasteiger partial charge in [0.15, 0.2) is 12.4 Å². The molecular weight excluding hydrogens is 368 g/mol. The molecule has 0 saturated carbocycles. The highest BCUT2D eigenvalue weighted by molar-refractivity contribution is 6.00. The number of ketones is 1. The fraction of sp³-hybridized carbons (Fsp3) is 0.0870. The number of rotatable bonds is 6. The zero-order chi connectivity index (χ0) is 20.2. The summed E-state index contributed by atoms with van der Waals surface area (Å²) in [6, 6.07) is 21.4. The summed E-state index contributed by atoms with van der Waals surface area (Å²) in [5.41, 5.74) is 3.23. The van der Waals surface area contributed by atoms with Gasteiger partial charge in [-0.15, -0.1) is 0 Å². The molecule has 4 aromatic rings. The molecule has 29 heavy (non-hydrogen) atoms. The Bertz CT molecular complexity index is 1160. The van der Waals surface area contributed by atoms with Crippen LogP contribution in [0, 0.1) is 0 Å². The van der Waals surface area contributed by atoms with Crippen LogP contribution in [0.1, 0.15) is 20.7 Å². The Kier molecular flexibility index (Phi) is 5.07. The molecule has 1 N–H and O–H groups in total. The Labute approximate surface area is 167 Å². The van der Waals surface area contributed by atoms with E-state index in [1.54, 1.807) is 49.6 Å². The molecule has 1 aromatic heterocycles. The van der Waals surface area contributed by atoms with E-state index in [0.717, 1.165) is 22.4 Å². The molecule has 0 radical (unpaired) electrons. The maximum atomic E-state index is 12.4. The van der Waals surface area contributed by atoms with E-state index in [-0.39, 0.29) is 12.4 Å². The lowest BCUT2D eigenvalue weighted by molar-refractivity contribution is 0.0475. The average molecular weight is 386 g/mol. The average Bonchev–Trinajstić information content (AvgIpc) is 3.21. The van der Waals surface area contributed by atoms with Gasteiger partial charge in [-0.3, -0.25) is 4.79 Å². The number of hydrogen-bond donors (Lipinski definition) is 1. The van der Waals surface area contributed by atoms with E-state index >= 15 is 0 Å². The minimum absolute atomic E-state index is 0.282. The molecule has 0 unspecified atom stereocenters. The van der Waals surface area contributed by atoms with Gasteiger partial charge in [0.2, 0.25) is 0 Å². The molecular formula is C23H18N2O4. The lowest BCUT2D eigenvalue weighted by Crippen LogP contribution is -2.14. The number of fused-ring (bicyclic) bond motifs is 1. The fourth-order valence-corrected chi connectivity index (χ4v) is 2.94. The van der Waals surface area contributed by atoms with Gasteiger partial charge in [0.1, 0.15) is 11.6 Å². The molecule has 6 nitrogen and oxygen atoms in total. The van der Waals surface area contributed by atoms with E-state index in [1.165, 1.54) is 0 Å². The normalized spacial score (nSPS) is 10.7. The summed E-state index contributed by atoms with van der Waals surface area (Å²) >= 11 is 0. The van der Waals surface area contributed by atoms with E-state index in [0.29, 0.717) is 16.9 Å². The number of esters is 1. The van der Waals surface area contributed by atoms with Gasteiger partial charge in [0.05, 0.1) is 23.7 Å². The van der Waals surface area contributed by atoms with Crippen molar-refractivity contribution in [3.05, 3.63) is 83.9 Å². The van der Waals surface area contributed by atoms with Crippen molar-refractivity contribution in [2.75, 3.05) is 13.7 Å². The molecule has 0 aliphatic heterocycles. The molecule has 144 valence electrons. The van der Waals surface area contributed by atoms with Crippen molar-refractivity contribution in [3.8, 4) is 17.1 Å². The first-order chi connectivity index (χ1) is 14.1. The lowest BCUT2D eigenvalue weighted by Gasteiger charge is -2.05. The van der Waals surface area contributed by atoms with Crippen molar-refractivity contribution in [3.63, 3.8) is 0 Å². The maximum Gasteiger partial charge on any atom is 0.338 e. The monoisotopic (exact) mass is 386 g/mol. The predicted molar refractivity (Wildman–Crippen MR) is 109 cm³/mol. The highest BCUT2D eigenvalue weighted by atomic mass is 16.5. The van der Waals surface area contributed by atoms with Gasteiger partial charge in [-0.25, -0.2) is 9.78 Å². The van der Waals surface area contributed by atoms with E-state index in [9.17, 15) is 9.59 Å². The van der Waals surface area contributed by atoms with Crippen molar-refractivity contribution in [2.45, 2.75) is 0 Å². The summed E-state index contributed by atoms with van der Waals surface area (Å²) in [4.78, 5) is 32.3. The number of nitrogens with one attached hydrogen (secondary N) is 1. The molecule has 3 aromatic carbocycles. The van der Waals surface area contributed by atoms with Crippen LogP contribution in [0.25, 0.3) is 22.4 Å². The van der Waals surface area contributed by atoms with Gasteiger partial charge in [-0.1, -0.05) is 30.3 Å². The number of carbonyl (C=O) groups excluding carboxylic acids is 2. The molecule has 0 spiro atoms. The number of aromatic nitrogens is 2. The van der Waals surface area contributed by atoms with Crippen LogP contribution in [0.2, 0.25) is 0 Å². The molecule has 6 heteroatoms. The van der Waals surface area contributed by atoms with Crippen LogP contribution in [0.3, 0.4) is 0 Å². The summed E-state index contributed by atoms with van der Waals surface area (Å²) in [5, 5.41) is 0. The molecule has 1 heterocycles. The summed E-state index contributed by atoms with van der Waals surface area (Å²) in [7, 11) is 1.55. The minimum Gasteiger partial charge on any atom is -0.497 e. The number of nitrogens with zero attached hydrogens (tertiary/aromatic N) is 1. The second-order valence-electron chi connectivity index (χ2n) is 6.41. The van der Waals surface area contributed by atoms with E-state index in [2.05, 4.69) is 9.97 Å². The number of carbonyl (C=O) groups is 2. The third-order valence-corrected chi connectivity index (χ3v) is 4.51. The Morgan fingerprint density at radius 2 is 1.66 bits per heavy atom. The Morgan fingerprint density at radius 3 is 2.38 bits per heavy atom.